The van der Waals surface area contributed by atoms with Crippen molar-refractivity contribution in [1.29, 1.82) is 0 Å². The number of benzene rings is 1. The summed E-state index contributed by atoms with van der Waals surface area (Å²) < 4.78 is 35.2. The lowest BCUT2D eigenvalue weighted by atomic mass is 10.3. The van der Waals surface area contributed by atoms with Gasteiger partial charge in [0.2, 0.25) is 10.0 Å². The Kier molecular flexibility index (Phi) is 7.88. The molecule has 1 aliphatic rings. The van der Waals surface area contributed by atoms with Crippen molar-refractivity contribution in [3.05, 3.63) is 24.3 Å². The first-order valence-corrected chi connectivity index (χ1v) is 10.9. The molecule has 1 saturated heterocycles. The Labute approximate surface area is 161 Å². The van der Waals surface area contributed by atoms with Crippen molar-refractivity contribution in [3.8, 4) is 5.75 Å². The van der Waals surface area contributed by atoms with Crippen molar-refractivity contribution in [2.24, 2.45) is 0 Å². The summed E-state index contributed by atoms with van der Waals surface area (Å²) in [4.78, 5) is 14.5. The molecule has 8 nitrogen and oxygen atoms in total. The van der Waals surface area contributed by atoms with Crippen molar-refractivity contribution in [2.75, 3.05) is 57.0 Å². The summed E-state index contributed by atoms with van der Waals surface area (Å²) in [7, 11) is -1.82. The number of sulfonamides is 1. The molecule has 0 bridgehead atoms. The zero-order valence-corrected chi connectivity index (χ0v) is 17.0. The zero-order chi connectivity index (χ0) is 19.9. The maximum absolute atomic E-state index is 12.1. The summed E-state index contributed by atoms with van der Waals surface area (Å²) in [6.07, 6.45) is 1.39. The van der Waals surface area contributed by atoms with Gasteiger partial charge in [-0.2, -0.15) is 0 Å². The molecule has 0 aliphatic carbocycles. The van der Waals surface area contributed by atoms with Crippen LogP contribution in [0.1, 0.15) is 13.3 Å². The number of hydrogen-bond acceptors (Lipinski definition) is 6. The third-order valence-corrected chi connectivity index (χ3v) is 5.64. The second-order valence-corrected chi connectivity index (χ2v) is 8.60. The summed E-state index contributed by atoms with van der Waals surface area (Å²) in [5.74, 6) is 0.339. The van der Waals surface area contributed by atoms with E-state index in [-0.39, 0.29) is 5.91 Å². The Morgan fingerprint density at radius 3 is 2.52 bits per heavy atom. The van der Waals surface area contributed by atoms with Gasteiger partial charge in [-0.05, 0) is 44.2 Å². The molecule has 1 aromatic rings. The lowest BCUT2D eigenvalue weighted by Gasteiger charge is -2.26. The van der Waals surface area contributed by atoms with E-state index in [1.165, 1.54) is 11.4 Å². The van der Waals surface area contributed by atoms with Gasteiger partial charge >= 0.3 is 0 Å². The van der Waals surface area contributed by atoms with Crippen LogP contribution in [0.5, 0.6) is 5.75 Å². The molecule has 2 rings (SSSR count). The molecular formula is C18H29N3O5S. The first-order chi connectivity index (χ1) is 12.8. The predicted octanol–water partition coefficient (Wildman–Crippen LogP) is 0.688. The number of nitrogens with one attached hydrogen (secondary N) is 1. The highest BCUT2D eigenvalue weighted by atomic mass is 32.2. The van der Waals surface area contributed by atoms with Crippen LogP contribution in [-0.2, 0) is 19.6 Å². The number of ether oxygens (including phenoxy) is 2. The molecule has 0 saturated carbocycles. The molecule has 1 fully saturated rings. The van der Waals surface area contributed by atoms with E-state index in [0.717, 1.165) is 45.5 Å². The van der Waals surface area contributed by atoms with E-state index < -0.39 is 16.1 Å². The van der Waals surface area contributed by atoms with Crippen molar-refractivity contribution in [3.63, 3.8) is 0 Å². The highest BCUT2D eigenvalue weighted by Crippen LogP contribution is 2.21. The van der Waals surface area contributed by atoms with E-state index in [2.05, 4.69) is 10.2 Å². The van der Waals surface area contributed by atoms with Crippen LogP contribution in [0.4, 0.5) is 5.69 Å². The van der Waals surface area contributed by atoms with Crippen molar-refractivity contribution >= 4 is 21.6 Å². The number of morpholine rings is 1. The lowest BCUT2D eigenvalue weighted by Crippen LogP contribution is -2.40. The molecule has 0 unspecified atom stereocenters. The molecule has 1 amide bonds. The Balaban J connectivity index is 1.73. The summed E-state index contributed by atoms with van der Waals surface area (Å²) in [6.45, 7) is 6.66. The number of carbonyl (C=O) groups is 1. The third kappa shape index (κ3) is 7.00. The normalized spacial score (nSPS) is 16.6. The fourth-order valence-electron chi connectivity index (χ4n) is 2.67. The van der Waals surface area contributed by atoms with E-state index in [4.69, 9.17) is 9.47 Å². The fourth-order valence-corrected chi connectivity index (χ4v) is 3.17. The maximum Gasteiger partial charge on any atom is 0.260 e. The number of carbonyl (C=O) groups excluding carboxylic acids is 1. The maximum atomic E-state index is 12.1. The van der Waals surface area contributed by atoms with Gasteiger partial charge in [-0.15, -0.1) is 0 Å². The van der Waals surface area contributed by atoms with Crippen molar-refractivity contribution < 1.29 is 22.7 Å². The molecule has 27 heavy (non-hydrogen) atoms. The van der Waals surface area contributed by atoms with Crippen LogP contribution in [0.2, 0.25) is 0 Å². The Bertz CT molecular complexity index is 702. The van der Waals surface area contributed by atoms with Gasteiger partial charge in [0.1, 0.15) is 5.75 Å². The SMILES string of the molecule is C[C@@H](Oc1ccc(N(C)S(C)(=O)=O)cc1)C(=O)NCCCN1CCOCC1. The molecule has 1 atom stereocenters. The number of rotatable bonds is 9. The Hall–Kier alpha value is -1.84. The van der Waals surface area contributed by atoms with Crippen LogP contribution in [0.3, 0.4) is 0 Å². The second-order valence-electron chi connectivity index (χ2n) is 6.58. The van der Waals surface area contributed by atoms with Crippen LogP contribution in [-0.4, -0.2) is 78.0 Å². The van der Waals surface area contributed by atoms with E-state index in [1.807, 2.05) is 0 Å². The lowest BCUT2D eigenvalue weighted by molar-refractivity contribution is -0.127. The molecule has 0 aromatic heterocycles. The average Bonchev–Trinajstić information content (AvgIpc) is 2.65. The van der Waals surface area contributed by atoms with Gasteiger partial charge in [0.05, 0.1) is 25.2 Å². The first kappa shape index (κ1) is 21.5. The number of nitrogens with zero attached hydrogens (tertiary/aromatic N) is 2. The highest BCUT2D eigenvalue weighted by molar-refractivity contribution is 7.92. The second kappa shape index (κ2) is 9.91. The molecular weight excluding hydrogens is 370 g/mol. The predicted molar refractivity (Wildman–Crippen MR) is 105 cm³/mol. The van der Waals surface area contributed by atoms with Gasteiger partial charge in [0.25, 0.3) is 5.91 Å². The molecule has 1 N–H and O–H groups in total. The minimum absolute atomic E-state index is 0.172. The summed E-state index contributed by atoms with van der Waals surface area (Å²) in [5.41, 5.74) is 0.532. The van der Waals surface area contributed by atoms with E-state index >= 15 is 0 Å². The molecule has 1 aromatic carbocycles. The zero-order valence-electron chi connectivity index (χ0n) is 16.2. The minimum Gasteiger partial charge on any atom is -0.481 e. The van der Waals surface area contributed by atoms with Crippen LogP contribution in [0.15, 0.2) is 24.3 Å². The summed E-state index contributed by atoms with van der Waals surface area (Å²) in [6, 6.07) is 6.59. The third-order valence-electron chi connectivity index (χ3n) is 4.43. The van der Waals surface area contributed by atoms with Gasteiger partial charge < -0.3 is 14.8 Å². The molecule has 152 valence electrons. The van der Waals surface area contributed by atoms with Crippen molar-refractivity contribution in [2.45, 2.75) is 19.4 Å². The number of hydrogen-bond donors (Lipinski definition) is 1. The standard InChI is InChI=1S/C18H29N3O5S/c1-15(18(22)19-9-4-10-21-11-13-25-14-12-21)26-17-7-5-16(6-8-17)20(2)27(3,23)24/h5-8,15H,4,9-14H2,1-3H3,(H,19,22)/t15-/m1/s1. The highest BCUT2D eigenvalue weighted by Gasteiger charge is 2.16. The van der Waals surface area contributed by atoms with E-state index in [1.54, 1.807) is 31.2 Å². The summed E-state index contributed by atoms with van der Waals surface area (Å²) in [5, 5.41) is 2.88. The van der Waals surface area contributed by atoms with Crippen LogP contribution in [0.25, 0.3) is 0 Å². The topological polar surface area (TPSA) is 88.2 Å². The molecule has 1 aliphatic heterocycles. The van der Waals surface area contributed by atoms with Gasteiger partial charge in [0, 0.05) is 26.7 Å². The van der Waals surface area contributed by atoms with Crippen LogP contribution < -0.4 is 14.4 Å². The van der Waals surface area contributed by atoms with E-state index in [9.17, 15) is 13.2 Å². The molecule has 9 heteroatoms. The fraction of sp³-hybridized carbons (Fsp3) is 0.611. The van der Waals surface area contributed by atoms with Crippen molar-refractivity contribution in [1.82, 2.24) is 10.2 Å². The van der Waals surface area contributed by atoms with Gasteiger partial charge in [-0.3, -0.25) is 14.0 Å². The molecule has 0 spiro atoms. The largest absolute Gasteiger partial charge is 0.481 e. The Morgan fingerprint density at radius 1 is 1.30 bits per heavy atom. The Morgan fingerprint density at radius 2 is 1.93 bits per heavy atom. The van der Waals surface area contributed by atoms with Gasteiger partial charge in [-0.1, -0.05) is 0 Å². The molecule has 1 heterocycles. The van der Waals surface area contributed by atoms with E-state index in [0.29, 0.717) is 18.0 Å². The minimum atomic E-state index is -3.31. The first-order valence-electron chi connectivity index (χ1n) is 9.06. The van der Waals surface area contributed by atoms with Crippen LogP contribution >= 0.6 is 0 Å². The van der Waals surface area contributed by atoms with Gasteiger partial charge in [0.15, 0.2) is 6.10 Å². The number of anilines is 1. The summed E-state index contributed by atoms with van der Waals surface area (Å²) >= 11 is 0. The monoisotopic (exact) mass is 399 g/mol. The van der Waals surface area contributed by atoms with Crippen LogP contribution in [0, 0.1) is 0 Å². The van der Waals surface area contributed by atoms with Gasteiger partial charge in [-0.25, -0.2) is 8.42 Å². The average molecular weight is 400 g/mol. The number of amides is 1. The quantitative estimate of drug-likeness (QED) is 0.615. The molecule has 0 radical (unpaired) electrons. The smallest absolute Gasteiger partial charge is 0.260 e.